The summed E-state index contributed by atoms with van der Waals surface area (Å²) in [5, 5.41) is 4.28. The van der Waals surface area contributed by atoms with Gasteiger partial charge in [0.25, 0.3) is 0 Å². The van der Waals surface area contributed by atoms with Crippen molar-refractivity contribution in [2.75, 3.05) is 18.2 Å². The molecule has 0 amide bonds. The number of amidine groups is 1. The Morgan fingerprint density at radius 1 is 1.41 bits per heavy atom. The molecule has 0 spiro atoms. The molecule has 0 unspecified atom stereocenters. The van der Waals surface area contributed by atoms with E-state index in [9.17, 15) is 0 Å². The second-order valence-electron chi connectivity index (χ2n) is 4.52. The maximum atomic E-state index is 5.22. The molecule has 1 heterocycles. The Labute approximate surface area is 114 Å². The van der Waals surface area contributed by atoms with Crippen LogP contribution in [0.15, 0.2) is 27.7 Å². The number of ether oxygens (including phenoxy) is 1. The first-order chi connectivity index (χ1) is 7.98. The number of halogens is 1. The first-order valence-electron chi connectivity index (χ1n) is 5.33. The van der Waals surface area contributed by atoms with E-state index in [1.807, 2.05) is 18.2 Å². The summed E-state index contributed by atoms with van der Waals surface area (Å²) in [4.78, 5) is 4.61. The Morgan fingerprint density at radius 3 is 2.76 bits per heavy atom. The van der Waals surface area contributed by atoms with Gasteiger partial charge in [0.2, 0.25) is 0 Å². The fourth-order valence-electron chi connectivity index (χ4n) is 1.52. The standard InChI is InChI=1S/C12H15BrN2OS/c1-12(2)7-17-11(15-12)14-9-4-8(13)5-10(6-9)16-3/h4-6H,7H2,1-3H3,(H,14,15). The Morgan fingerprint density at radius 2 is 2.18 bits per heavy atom. The number of hydrogen-bond acceptors (Lipinski definition) is 4. The van der Waals surface area contributed by atoms with Crippen LogP contribution in [-0.2, 0) is 0 Å². The highest BCUT2D eigenvalue weighted by Gasteiger charge is 2.25. The normalized spacial score (nSPS) is 17.8. The lowest BCUT2D eigenvalue weighted by molar-refractivity contribution is 0.415. The summed E-state index contributed by atoms with van der Waals surface area (Å²) < 4.78 is 6.21. The smallest absolute Gasteiger partial charge is 0.161 e. The second-order valence-corrected chi connectivity index (χ2v) is 6.40. The molecule has 17 heavy (non-hydrogen) atoms. The molecule has 1 aliphatic heterocycles. The van der Waals surface area contributed by atoms with Crippen LogP contribution in [0.2, 0.25) is 0 Å². The average molecular weight is 315 g/mol. The number of anilines is 1. The van der Waals surface area contributed by atoms with Crippen LogP contribution >= 0.6 is 27.7 Å². The highest BCUT2D eigenvalue weighted by Crippen LogP contribution is 2.30. The molecule has 0 fully saturated rings. The van der Waals surface area contributed by atoms with Gasteiger partial charge in [-0.2, -0.15) is 0 Å². The van der Waals surface area contributed by atoms with E-state index in [0.717, 1.165) is 26.8 Å². The van der Waals surface area contributed by atoms with Crippen LogP contribution in [0.25, 0.3) is 0 Å². The van der Waals surface area contributed by atoms with Crippen LogP contribution in [0, 0.1) is 0 Å². The lowest BCUT2D eigenvalue weighted by Gasteiger charge is -2.10. The van der Waals surface area contributed by atoms with E-state index >= 15 is 0 Å². The van der Waals surface area contributed by atoms with E-state index in [4.69, 9.17) is 4.74 Å². The molecule has 0 aromatic heterocycles. The van der Waals surface area contributed by atoms with E-state index in [1.54, 1.807) is 18.9 Å². The van der Waals surface area contributed by atoms with Crippen LogP contribution in [0.4, 0.5) is 5.69 Å². The summed E-state index contributed by atoms with van der Waals surface area (Å²) in [6, 6.07) is 5.90. The number of rotatable bonds is 2. The molecule has 0 aliphatic carbocycles. The molecule has 0 bridgehead atoms. The lowest BCUT2D eigenvalue weighted by Crippen LogP contribution is -2.15. The third-order valence-corrected chi connectivity index (χ3v) is 4.10. The van der Waals surface area contributed by atoms with Gasteiger partial charge in [0, 0.05) is 22.0 Å². The summed E-state index contributed by atoms with van der Waals surface area (Å²) in [6.45, 7) is 4.27. The van der Waals surface area contributed by atoms with Crippen molar-refractivity contribution in [3.8, 4) is 5.75 Å². The lowest BCUT2D eigenvalue weighted by atomic mass is 10.1. The van der Waals surface area contributed by atoms with Gasteiger partial charge in [-0.1, -0.05) is 27.7 Å². The van der Waals surface area contributed by atoms with Crippen molar-refractivity contribution < 1.29 is 4.74 Å². The fraction of sp³-hybridized carbons (Fsp3) is 0.417. The highest BCUT2D eigenvalue weighted by molar-refractivity contribution is 9.10. The van der Waals surface area contributed by atoms with Gasteiger partial charge in [-0.15, -0.1) is 0 Å². The number of benzene rings is 1. The zero-order chi connectivity index (χ0) is 12.5. The average Bonchev–Trinajstić information content (AvgIpc) is 2.57. The summed E-state index contributed by atoms with van der Waals surface area (Å²) in [5.74, 6) is 1.84. The minimum atomic E-state index is 0.0309. The molecule has 1 N–H and O–H groups in total. The molecule has 0 radical (unpaired) electrons. The molecule has 1 aliphatic rings. The van der Waals surface area contributed by atoms with Gasteiger partial charge in [0.05, 0.1) is 12.6 Å². The zero-order valence-electron chi connectivity index (χ0n) is 10.1. The molecule has 0 saturated carbocycles. The molecule has 5 heteroatoms. The third kappa shape index (κ3) is 3.39. The van der Waals surface area contributed by atoms with Crippen molar-refractivity contribution >= 4 is 38.5 Å². The van der Waals surface area contributed by atoms with E-state index < -0.39 is 0 Å². The number of methoxy groups -OCH3 is 1. The molecule has 3 nitrogen and oxygen atoms in total. The van der Waals surface area contributed by atoms with Gasteiger partial charge >= 0.3 is 0 Å². The Kier molecular flexibility index (Phi) is 3.68. The predicted octanol–water partition coefficient (Wildman–Crippen LogP) is 3.75. The van der Waals surface area contributed by atoms with Gasteiger partial charge in [0.15, 0.2) is 5.17 Å². The molecular weight excluding hydrogens is 300 g/mol. The second kappa shape index (κ2) is 4.90. The minimum Gasteiger partial charge on any atom is -0.497 e. The Hall–Kier alpha value is -0.680. The Balaban J connectivity index is 2.17. The largest absolute Gasteiger partial charge is 0.497 e. The predicted molar refractivity (Wildman–Crippen MR) is 78.3 cm³/mol. The molecule has 0 atom stereocenters. The SMILES string of the molecule is COc1cc(Br)cc(NC2=NC(C)(C)CS2)c1. The van der Waals surface area contributed by atoms with Gasteiger partial charge in [-0.05, 0) is 26.0 Å². The van der Waals surface area contributed by atoms with Crippen molar-refractivity contribution in [2.24, 2.45) is 4.99 Å². The minimum absolute atomic E-state index is 0.0309. The molecule has 2 rings (SSSR count). The number of thioether (sulfide) groups is 1. The van der Waals surface area contributed by atoms with Crippen LogP contribution in [-0.4, -0.2) is 23.6 Å². The number of hydrogen-bond donors (Lipinski definition) is 1. The summed E-state index contributed by atoms with van der Waals surface area (Å²) in [7, 11) is 1.66. The van der Waals surface area contributed by atoms with E-state index in [2.05, 4.69) is 40.1 Å². The topological polar surface area (TPSA) is 33.6 Å². The quantitative estimate of drug-likeness (QED) is 0.902. The van der Waals surface area contributed by atoms with Crippen molar-refractivity contribution in [2.45, 2.75) is 19.4 Å². The van der Waals surface area contributed by atoms with Crippen LogP contribution in [0.1, 0.15) is 13.8 Å². The van der Waals surface area contributed by atoms with Crippen molar-refractivity contribution in [3.05, 3.63) is 22.7 Å². The van der Waals surface area contributed by atoms with Crippen molar-refractivity contribution in [1.82, 2.24) is 0 Å². The van der Waals surface area contributed by atoms with E-state index in [-0.39, 0.29) is 5.54 Å². The summed E-state index contributed by atoms with van der Waals surface area (Å²) in [6.07, 6.45) is 0. The van der Waals surface area contributed by atoms with Gasteiger partial charge in [-0.25, -0.2) is 0 Å². The first-order valence-corrected chi connectivity index (χ1v) is 7.11. The molecule has 1 aromatic rings. The summed E-state index contributed by atoms with van der Waals surface area (Å²) in [5.41, 5.74) is 1.02. The van der Waals surface area contributed by atoms with Gasteiger partial charge < -0.3 is 10.1 Å². The van der Waals surface area contributed by atoms with Crippen LogP contribution in [0.5, 0.6) is 5.75 Å². The third-order valence-electron chi connectivity index (χ3n) is 2.32. The maximum absolute atomic E-state index is 5.22. The van der Waals surface area contributed by atoms with E-state index in [0.29, 0.717) is 0 Å². The first kappa shape index (κ1) is 12.8. The number of nitrogens with one attached hydrogen (secondary N) is 1. The van der Waals surface area contributed by atoms with Crippen LogP contribution in [0.3, 0.4) is 0 Å². The van der Waals surface area contributed by atoms with Crippen LogP contribution < -0.4 is 10.1 Å². The highest BCUT2D eigenvalue weighted by atomic mass is 79.9. The van der Waals surface area contributed by atoms with E-state index in [1.165, 1.54) is 0 Å². The number of aliphatic imine (C=N–C) groups is 1. The van der Waals surface area contributed by atoms with Crippen molar-refractivity contribution in [1.29, 1.82) is 0 Å². The summed E-state index contributed by atoms with van der Waals surface area (Å²) >= 11 is 5.21. The number of nitrogens with zero attached hydrogens (tertiary/aromatic N) is 1. The molecule has 0 saturated heterocycles. The van der Waals surface area contributed by atoms with Gasteiger partial charge in [-0.3, -0.25) is 4.99 Å². The zero-order valence-corrected chi connectivity index (χ0v) is 12.5. The fourth-order valence-corrected chi connectivity index (χ4v) is 3.05. The molecule has 1 aromatic carbocycles. The van der Waals surface area contributed by atoms with Crippen molar-refractivity contribution in [3.63, 3.8) is 0 Å². The maximum Gasteiger partial charge on any atom is 0.161 e. The molecule has 92 valence electrons. The Bertz CT molecular complexity index is 460. The monoisotopic (exact) mass is 314 g/mol. The van der Waals surface area contributed by atoms with Gasteiger partial charge in [0.1, 0.15) is 5.75 Å². The molecular formula is C12H15BrN2OS.